The summed E-state index contributed by atoms with van der Waals surface area (Å²) in [6, 6.07) is -1.07. The van der Waals surface area contributed by atoms with Crippen molar-refractivity contribution >= 4 is 12.1 Å². The highest BCUT2D eigenvalue weighted by molar-refractivity contribution is 5.82. The van der Waals surface area contributed by atoms with Gasteiger partial charge in [0, 0.05) is 5.92 Å². The summed E-state index contributed by atoms with van der Waals surface area (Å²) < 4.78 is 10.7. The molecule has 1 amide bonds. The molecule has 138 valence electrons. The van der Waals surface area contributed by atoms with Gasteiger partial charge in [-0.2, -0.15) is 5.11 Å². The third kappa shape index (κ3) is 6.72. The molecule has 0 aromatic carbocycles. The number of esters is 1. The number of alkyl carbamates (subject to hydrolysis) is 1. The number of carbonyl (C=O) groups excluding carboxylic acids is 2. The van der Waals surface area contributed by atoms with E-state index in [4.69, 9.17) is 15.3 Å². The van der Waals surface area contributed by atoms with Crippen LogP contribution in [0.3, 0.4) is 0 Å². The number of nitrogens with two attached hydrogens (primary N) is 1. The summed E-state index contributed by atoms with van der Waals surface area (Å²) in [5, 5.41) is 9.99. The SMILES string of the molecule is CC(C)(C)OC(=O)N[C@@H](C(=O)OC(C)(C)C)C1CCC[C@H]1N=NN. The van der Waals surface area contributed by atoms with Crippen LogP contribution < -0.4 is 11.2 Å². The topological polar surface area (TPSA) is 115 Å². The minimum absolute atomic E-state index is 0.220. The van der Waals surface area contributed by atoms with Gasteiger partial charge in [-0.25, -0.2) is 9.59 Å². The van der Waals surface area contributed by atoms with Gasteiger partial charge < -0.3 is 20.6 Å². The lowest BCUT2D eigenvalue weighted by Gasteiger charge is -2.30. The second kappa shape index (κ2) is 7.81. The van der Waals surface area contributed by atoms with Gasteiger partial charge in [0.05, 0.1) is 6.04 Å². The van der Waals surface area contributed by atoms with Crippen molar-refractivity contribution in [3.63, 3.8) is 0 Å². The molecule has 3 atom stereocenters. The molecule has 24 heavy (non-hydrogen) atoms. The highest BCUT2D eigenvalue weighted by Crippen LogP contribution is 2.32. The maximum atomic E-state index is 12.6. The zero-order chi connectivity index (χ0) is 18.5. The van der Waals surface area contributed by atoms with E-state index in [-0.39, 0.29) is 12.0 Å². The Morgan fingerprint density at radius 2 is 1.67 bits per heavy atom. The van der Waals surface area contributed by atoms with Gasteiger partial charge in [-0.05, 0) is 54.4 Å². The molecule has 0 saturated heterocycles. The van der Waals surface area contributed by atoms with E-state index in [1.165, 1.54) is 0 Å². The van der Waals surface area contributed by atoms with Crippen molar-refractivity contribution in [1.82, 2.24) is 5.32 Å². The number of nitrogens with zero attached hydrogens (tertiary/aromatic N) is 2. The Bertz CT molecular complexity index is 479. The Labute approximate surface area is 143 Å². The summed E-state index contributed by atoms with van der Waals surface area (Å²) in [6.07, 6.45) is 1.71. The van der Waals surface area contributed by atoms with Gasteiger partial charge in [0.15, 0.2) is 0 Å². The number of nitrogens with one attached hydrogen (secondary N) is 1. The zero-order valence-corrected chi connectivity index (χ0v) is 15.5. The fourth-order valence-corrected chi connectivity index (χ4v) is 2.73. The molecule has 0 spiro atoms. The van der Waals surface area contributed by atoms with Gasteiger partial charge in [0.2, 0.25) is 0 Å². The molecule has 1 rings (SSSR count). The van der Waals surface area contributed by atoms with Crippen molar-refractivity contribution in [1.29, 1.82) is 0 Å². The van der Waals surface area contributed by atoms with Crippen LogP contribution in [0.15, 0.2) is 10.3 Å². The van der Waals surface area contributed by atoms with Crippen LogP contribution in [0.1, 0.15) is 60.8 Å². The highest BCUT2D eigenvalue weighted by atomic mass is 16.6. The molecule has 0 aromatic rings. The lowest BCUT2D eigenvalue weighted by molar-refractivity contribution is -0.159. The molecule has 8 heteroatoms. The van der Waals surface area contributed by atoms with Crippen molar-refractivity contribution in [2.24, 2.45) is 22.1 Å². The number of rotatable bonds is 4. The highest BCUT2D eigenvalue weighted by Gasteiger charge is 2.41. The fourth-order valence-electron chi connectivity index (χ4n) is 2.73. The first-order chi connectivity index (χ1) is 10.9. The van der Waals surface area contributed by atoms with Crippen LogP contribution in [-0.4, -0.2) is 35.3 Å². The minimum Gasteiger partial charge on any atom is -0.458 e. The molecule has 1 unspecified atom stereocenters. The predicted molar refractivity (Wildman–Crippen MR) is 89.2 cm³/mol. The number of hydrogen-bond donors (Lipinski definition) is 2. The molecule has 1 aliphatic rings. The van der Waals surface area contributed by atoms with Crippen LogP contribution in [0.25, 0.3) is 0 Å². The Kier molecular flexibility index (Phi) is 6.57. The third-order valence-electron chi connectivity index (χ3n) is 3.51. The van der Waals surface area contributed by atoms with Crippen LogP contribution in [-0.2, 0) is 14.3 Å². The lowest BCUT2D eigenvalue weighted by atomic mass is 9.94. The molecular weight excluding hydrogens is 312 g/mol. The third-order valence-corrected chi connectivity index (χ3v) is 3.51. The molecule has 0 bridgehead atoms. The quantitative estimate of drug-likeness (QED) is 0.353. The molecule has 8 nitrogen and oxygen atoms in total. The van der Waals surface area contributed by atoms with Gasteiger partial charge in [-0.3, -0.25) is 0 Å². The summed E-state index contributed by atoms with van der Waals surface area (Å²) in [5.41, 5.74) is -1.32. The Morgan fingerprint density at radius 1 is 1.08 bits per heavy atom. The molecule has 1 saturated carbocycles. The molecule has 3 N–H and O–H groups in total. The normalized spacial score (nSPS) is 23.1. The van der Waals surface area contributed by atoms with Crippen LogP contribution in [0, 0.1) is 5.92 Å². The average Bonchev–Trinajstić information content (AvgIpc) is 2.80. The first kappa shape index (κ1) is 20.2. The summed E-state index contributed by atoms with van der Waals surface area (Å²) in [7, 11) is 0. The van der Waals surface area contributed by atoms with E-state index in [2.05, 4.69) is 15.7 Å². The maximum Gasteiger partial charge on any atom is 0.408 e. The second-order valence-corrected chi connectivity index (χ2v) is 8.05. The fraction of sp³-hybridized carbons (Fsp3) is 0.875. The zero-order valence-electron chi connectivity index (χ0n) is 15.5. The van der Waals surface area contributed by atoms with E-state index in [0.717, 1.165) is 19.3 Å². The van der Waals surface area contributed by atoms with E-state index in [1.54, 1.807) is 41.5 Å². The van der Waals surface area contributed by atoms with Crippen molar-refractivity contribution in [2.75, 3.05) is 0 Å². The monoisotopic (exact) mass is 342 g/mol. The van der Waals surface area contributed by atoms with E-state index >= 15 is 0 Å². The second-order valence-electron chi connectivity index (χ2n) is 8.05. The van der Waals surface area contributed by atoms with E-state index < -0.39 is 29.3 Å². The number of amides is 1. The Morgan fingerprint density at radius 3 is 2.17 bits per heavy atom. The molecule has 1 aliphatic carbocycles. The number of ether oxygens (including phenoxy) is 2. The van der Waals surface area contributed by atoms with E-state index in [9.17, 15) is 9.59 Å². The number of carbonyl (C=O) groups is 2. The molecule has 0 aliphatic heterocycles. The van der Waals surface area contributed by atoms with Crippen LogP contribution in [0.2, 0.25) is 0 Å². The standard InChI is InChI=1S/C16H30N4O4/c1-15(2,3)23-13(21)12(18-14(22)24-16(4,5)6)10-8-7-9-11(10)19-20-17/h10-12H,7-9H2,1-6H3,(H2,17,19)(H,18,22)/t10?,11-,12-/m1/s1. The Hall–Kier alpha value is -1.86. The lowest BCUT2D eigenvalue weighted by Crippen LogP contribution is -2.51. The summed E-state index contributed by atoms with van der Waals surface area (Å²) in [5.74, 6) is 4.44. The minimum atomic E-state index is -0.850. The van der Waals surface area contributed by atoms with Crippen LogP contribution in [0.4, 0.5) is 4.79 Å². The molecule has 0 radical (unpaired) electrons. The van der Waals surface area contributed by atoms with Gasteiger partial charge in [-0.1, -0.05) is 11.6 Å². The van der Waals surface area contributed by atoms with Crippen molar-refractivity contribution in [3.8, 4) is 0 Å². The van der Waals surface area contributed by atoms with E-state index in [0.29, 0.717) is 0 Å². The van der Waals surface area contributed by atoms with Crippen molar-refractivity contribution in [2.45, 2.75) is 84.1 Å². The number of hydrogen-bond acceptors (Lipinski definition) is 6. The summed E-state index contributed by atoms with van der Waals surface area (Å²) in [4.78, 5) is 24.7. The van der Waals surface area contributed by atoms with Crippen LogP contribution in [0.5, 0.6) is 0 Å². The van der Waals surface area contributed by atoms with Gasteiger partial charge in [-0.15, -0.1) is 0 Å². The van der Waals surface area contributed by atoms with Crippen LogP contribution >= 0.6 is 0 Å². The largest absolute Gasteiger partial charge is 0.458 e. The smallest absolute Gasteiger partial charge is 0.408 e. The first-order valence-electron chi connectivity index (χ1n) is 8.25. The molecular formula is C16H30N4O4. The van der Waals surface area contributed by atoms with E-state index in [1.807, 2.05) is 0 Å². The summed E-state index contributed by atoms with van der Waals surface area (Å²) >= 11 is 0. The molecule has 0 heterocycles. The Balaban J connectivity index is 2.94. The summed E-state index contributed by atoms with van der Waals surface area (Å²) in [6.45, 7) is 10.6. The molecule has 0 aromatic heterocycles. The van der Waals surface area contributed by atoms with Crippen molar-refractivity contribution < 1.29 is 19.1 Å². The van der Waals surface area contributed by atoms with Gasteiger partial charge >= 0.3 is 12.1 Å². The van der Waals surface area contributed by atoms with Gasteiger partial charge in [0.25, 0.3) is 0 Å². The molecule has 1 fully saturated rings. The maximum absolute atomic E-state index is 12.6. The van der Waals surface area contributed by atoms with Gasteiger partial charge in [0.1, 0.15) is 17.2 Å². The first-order valence-corrected chi connectivity index (χ1v) is 8.25. The predicted octanol–water partition coefficient (Wildman–Crippen LogP) is 2.72. The average molecular weight is 342 g/mol. The van der Waals surface area contributed by atoms with Crippen molar-refractivity contribution in [3.05, 3.63) is 0 Å².